The summed E-state index contributed by atoms with van der Waals surface area (Å²) >= 11 is 0. The molecule has 1 aliphatic heterocycles. The second kappa shape index (κ2) is 3.69. The van der Waals surface area contributed by atoms with Crippen LogP contribution in [0.1, 0.15) is 11.1 Å². The number of nitriles is 1. The van der Waals surface area contributed by atoms with Crippen molar-refractivity contribution in [2.24, 2.45) is 0 Å². The van der Waals surface area contributed by atoms with E-state index < -0.39 is 0 Å². The van der Waals surface area contributed by atoms with Gasteiger partial charge in [-0.15, -0.1) is 0 Å². The van der Waals surface area contributed by atoms with E-state index in [-0.39, 0.29) is 0 Å². The van der Waals surface area contributed by atoms with Crippen molar-refractivity contribution < 1.29 is 0 Å². The van der Waals surface area contributed by atoms with Crippen LogP contribution in [-0.4, -0.2) is 19.1 Å². The third-order valence-electron chi connectivity index (χ3n) is 2.50. The lowest BCUT2D eigenvalue weighted by atomic mass is 10.1. The minimum absolute atomic E-state index is 0.544. The Bertz CT molecular complexity index is 375. The van der Waals surface area contributed by atoms with Crippen molar-refractivity contribution in [2.75, 3.05) is 18.4 Å². The Morgan fingerprint density at radius 3 is 2.79 bits per heavy atom. The molecule has 1 aromatic carbocycles. The van der Waals surface area contributed by atoms with Gasteiger partial charge in [0.15, 0.2) is 0 Å². The lowest BCUT2D eigenvalue weighted by Gasteiger charge is -2.29. The molecule has 1 aromatic rings. The van der Waals surface area contributed by atoms with Crippen molar-refractivity contribution in [3.8, 4) is 6.07 Å². The van der Waals surface area contributed by atoms with Crippen LogP contribution in [0.25, 0.3) is 0 Å². The number of rotatable bonds is 2. The van der Waals surface area contributed by atoms with Gasteiger partial charge in [-0.05, 0) is 30.7 Å². The molecule has 3 nitrogen and oxygen atoms in total. The first-order valence-corrected chi connectivity index (χ1v) is 4.77. The number of nitrogens with zero attached hydrogens (tertiary/aromatic N) is 1. The van der Waals surface area contributed by atoms with Crippen LogP contribution in [0.2, 0.25) is 0 Å². The first kappa shape index (κ1) is 9.04. The predicted molar refractivity (Wildman–Crippen MR) is 56.2 cm³/mol. The van der Waals surface area contributed by atoms with E-state index in [1.54, 1.807) is 0 Å². The summed E-state index contributed by atoms with van der Waals surface area (Å²) in [6.07, 6.45) is 0. The maximum Gasteiger partial charge on any atom is 0.0994 e. The summed E-state index contributed by atoms with van der Waals surface area (Å²) in [4.78, 5) is 0. The summed E-state index contributed by atoms with van der Waals surface area (Å²) in [6.45, 7) is 4.01. The number of aryl methyl sites for hydroxylation is 1. The molecule has 1 saturated heterocycles. The molecule has 1 fully saturated rings. The number of hydrogen-bond donors (Lipinski definition) is 2. The van der Waals surface area contributed by atoms with E-state index >= 15 is 0 Å². The van der Waals surface area contributed by atoms with Crippen molar-refractivity contribution in [3.05, 3.63) is 29.3 Å². The smallest absolute Gasteiger partial charge is 0.0994 e. The fourth-order valence-electron chi connectivity index (χ4n) is 1.51. The standard InChI is InChI=1S/C11H13N3/c1-8-4-10(3-2-9(8)5-12)14-11-6-13-7-11/h2-4,11,13-14H,6-7H2,1H3. The SMILES string of the molecule is Cc1cc(NC2CNC2)ccc1C#N. The predicted octanol–water partition coefficient (Wildman–Crippen LogP) is 1.25. The zero-order valence-corrected chi connectivity index (χ0v) is 8.17. The molecule has 1 aliphatic rings. The van der Waals surface area contributed by atoms with E-state index in [0.29, 0.717) is 6.04 Å². The number of hydrogen-bond acceptors (Lipinski definition) is 3. The molecule has 0 bridgehead atoms. The summed E-state index contributed by atoms with van der Waals surface area (Å²) in [5.74, 6) is 0. The molecule has 0 aromatic heterocycles. The Balaban J connectivity index is 2.12. The average Bonchev–Trinajstić information content (AvgIpc) is 2.12. The highest BCUT2D eigenvalue weighted by Gasteiger charge is 2.15. The molecule has 2 rings (SSSR count). The Kier molecular flexibility index (Phi) is 2.38. The van der Waals surface area contributed by atoms with E-state index in [1.165, 1.54) is 0 Å². The van der Waals surface area contributed by atoms with Gasteiger partial charge < -0.3 is 10.6 Å². The molecular weight excluding hydrogens is 174 g/mol. The third kappa shape index (κ3) is 1.70. The van der Waals surface area contributed by atoms with Gasteiger partial charge in [-0.25, -0.2) is 0 Å². The lowest BCUT2D eigenvalue weighted by Crippen LogP contribution is -2.51. The Hall–Kier alpha value is -1.53. The molecule has 0 saturated carbocycles. The van der Waals surface area contributed by atoms with Crippen LogP contribution in [0.3, 0.4) is 0 Å². The number of nitrogens with one attached hydrogen (secondary N) is 2. The normalized spacial score (nSPS) is 15.7. The second-order valence-electron chi connectivity index (χ2n) is 3.64. The van der Waals surface area contributed by atoms with Gasteiger partial charge in [-0.3, -0.25) is 0 Å². The molecule has 0 spiro atoms. The van der Waals surface area contributed by atoms with E-state index in [0.717, 1.165) is 29.9 Å². The van der Waals surface area contributed by atoms with Gasteiger partial charge >= 0.3 is 0 Å². The highest BCUT2D eigenvalue weighted by Crippen LogP contribution is 2.15. The molecule has 0 aliphatic carbocycles. The second-order valence-corrected chi connectivity index (χ2v) is 3.64. The van der Waals surface area contributed by atoms with Gasteiger partial charge in [0.05, 0.1) is 17.7 Å². The molecule has 0 atom stereocenters. The Morgan fingerprint density at radius 1 is 1.50 bits per heavy atom. The van der Waals surface area contributed by atoms with Gasteiger partial charge in [-0.1, -0.05) is 0 Å². The summed E-state index contributed by atoms with van der Waals surface area (Å²) in [7, 11) is 0. The van der Waals surface area contributed by atoms with E-state index in [1.807, 2.05) is 25.1 Å². The Morgan fingerprint density at radius 2 is 2.29 bits per heavy atom. The fourth-order valence-corrected chi connectivity index (χ4v) is 1.51. The molecule has 3 heteroatoms. The van der Waals surface area contributed by atoms with E-state index in [9.17, 15) is 0 Å². The van der Waals surface area contributed by atoms with Crippen LogP contribution in [0.5, 0.6) is 0 Å². The van der Waals surface area contributed by atoms with Crippen LogP contribution < -0.4 is 10.6 Å². The maximum absolute atomic E-state index is 8.77. The van der Waals surface area contributed by atoms with E-state index in [4.69, 9.17) is 5.26 Å². The van der Waals surface area contributed by atoms with Gasteiger partial charge in [0.25, 0.3) is 0 Å². The van der Waals surface area contributed by atoms with Gasteiger partial charge in [0.2, 0.25) is 0 Å². The lowest BCUT2D eigenvalue weighted by molar-refractivity contribution is 0.472. The molecule has 0 radical (unpaired) electrons. The van der Waals surface area contributed by atoms with Crippen molar-refractivity contribution in [1.82, 2.24) is 5.32 Å². The van der Waals surface area contributed by atoms with Crippen molar-refractivity contribution in [1.29, 1.82) is 5.26 Å². The largest absolute Gasteiger partial charge is 0.380 e. The van der Waals surface area contributed by atoms with Gasteiger partial charge in [0, 0.05) is 18.8 Å². The molecule has 0 amide bonds. The molecule has 0 unspecified atom stereocenters. The monoisotopic (exact) mass is 187 g/mol. The highest BCUT2D eigenvalue weighted by atomic mass is 15.1. The summed E-state index contributed by atoms with van der Waals surface area (Å²) in [5.41, 5.74) is 2.89. The first-order chi connectivity index (χ1) is 6.79. The number of anilines is 1. The number of benzene rings is 1. The summed E-state index contributed by atoms with van der Waals surface area (Å²) in [5, 5.41) is 15.4. The molecule has 72 valence electrons. The quantitative estimate of drug-likeness (QED) is 0.732. The van der Waals surface area contributed by atoms with Crippen molar-refractivity contribution in [2.45, 2.75) is 13.0 Å². The minimum atomic E-state index is 0.544. The Labute approximate surface area is 83.7 Å². The van der Waals surface area contributed by atoms with E-state index in [2.05, 4.69) is 16.7 Å². The highest BCUT2D eigenvalue weighted by molar-refractivity contribution is 5.52. The van der Waals surface area contributed by atoms with Crippen molar-refractivity contribution in [3.63, 3.8) is 0 Å². The zero-order chi connectivity index (χ0) is 9.97. The molecule has 14 heavy (non-hydrogen) atoms. The summed E-state index contributed by atoms with van der Waals surface area (Å²) < 4.78 is 0. The van der Waals surface area contributed by atoms with Gasteiger partial charge in [0.1, 0.15) is 0 Å². The zero-order valence-electron chi connectivity index (χ0n) is 8.17. The maximum atomic E-state index is 8.77. The third-order valence-corrected chi connectivity index (χ3v) is 2.50. The average molecular weight is 187 g/mol. The van der Waals surface area contributed by atoms with Crippen LogP contribution in [0, 0.1) is 18.3 Å². The summed E-state index contributed by atoms with van der Waals surface area (Å²) in [6, 6.07) is 8.56. The topological polar surface area (TPSA) is 47.8 Å². The molecule has 1 heterocycles. The van der Waals surface area contributed by atoms with Gasteiger partial charge in [-0.2, -0.15) is 5.26 Å². The van der Waals surface area contributed by atoms with Crippen LogP contribution in [-0.2, 0) is 0 Å². The van der Waals surface area contributed by atoms with Crippen molar-refractivity contribution >= 4 is 5.69 Å². The first-order valence-electron chi connectivity index (χ1n) is 4.77. The van der Waals surface area contributed by atoms with Crippen LogP contribution in [0.4, 0.5) is 5.69 Å². The fraction of sp³-hybridized carbons (Fsp3) is 0.364. The van der Waals surface area contributed by atoms with Crippen LogP contribution >= 0.6 is 0 Å². The molecular formula is C11H13N3. The molecule has 2 N–H and O–H groups in total. The van der Waals surface area contributed by atoms with Crippen LogP contribution in [0.15, 0.2) is 18.2 Å². The minimum Gasteiger partial charge on any atom is -0.380 e.